The number of ether oxygens (including phenoxy) is 2. The highest BCUT2D eigenvalue weighted by molar-refractivity contribution is 5.73. The van der Waals surface area contributed by atoms with Crippen LogP contribution in [0.2, 0.25) is 0 Å². The molecule has 24 heavy (non-hydrogen) atoms. The molecule has 2 N–H and O–H groups in total. The number of hydrogen-bond acceptors (Lipinski definition) is 3. The molecule has 1 aromatic carbocycles. The van der Waals surface area contributed by atoms with Gasteiger partial charge in [0.05, 0.1) is 14.2 Å². The summed E-state index contributed by atoms with van der Waals surface area (Å²) in [5, 5.41) is 5.89. The minimum Gasteiger partial charge on any atom is -0.493 e. The average molecular weight is 336 g/mol. The minimum absolute atomic E-state index is 0.109. The van der Waals surface area contributed by atoms with E-state index in [4.69, 9.17) is 9.47 Å². The number of nitrogens with one attached hydrogen (secondary N) is 2. The molecule has 2 amide bonds. The maximum Gasteiger partial charge on any atom is 0.314 e. The van der Waals surface area contributed by atoms with Gasteiger partial charge in [-0.05, 0) is 36.0 Å². The number of rotatable bonds is 9. The molecule has 0 aromatic heterocycles. The molecule has 0 saturated carbocycles. The van der Waals surface area contributed by atoms with Crippen LogP contribution < -0.4 is 20.1 Å². The smallest absolute Gasteiger partial charge is 0.314 e. The first kappa shape index (κ1) is 20.1. The van der Waals surface area contributed by atoms with E-state index in [9.17, 15) is 4.79 Å². The molecule has 1 unspecified atom stereocenters. The van der Waals surface area contributed by atoms with Crippen LogP contribution in [0.5, 0.6) is 11.5 Å². The Morgan fingerprint density at radius 2 is 1.71 bits per heavy atom. The molecule has 136 valence electrons. The van der Waals surface area contributed by atoms with E-state index < -0.39 is 0 Å². The molecule has 0 fully saturated rings. The summed E-state index contributed by atoms with van der Waals surface area (Å²) in [5.74, 6) is 2.60. The van der Waals surface area contributed by atoms with Crippen molar-refractivity contribution in [2.24, 2.45) is 11.8 Å². The van der Waals surface area contributed by atoms with Crippen molar-refractivity contribution in [2.75, 3.05) is 27.3 Å². The Morgan fingerprint density at radius 3 is 2.25 bits per heavy atom. The van der Waals surface area contributed by atoms with Gasteiger partial charge in [0.1, 0.15) is 0 Å². The fourth-order valence-corrected chi connectivity index (χ4v) is 2.56. The molecule has 0 saturated heterocycles. The van der Waals surface area contributed by atoms with Crippen molar-refractivity contribution in [3.63, 3.8) is 0 Å². The van der Waals surface area contributed by atoms with Crippen LogP contribution >= 0.6 is 0 Å². The lowest BCUT2D eigenvalue weighted by Crippen LogP contribution is -2.39. The number of methoxy groups -OCH3 is 2. The van der Waals surface area contributed by atoms with E-state index in [1.165, 1.54) is 0 Å². The highest BCUT2D eigenvalue weighted by Gasteiger charge is 2.19. The molecule has 0 aliphatic carbocycles. The number of amides is 2. The lowest BCUT2D eigenvalue weighted by molar-refractivity contribution is 0.238. The SMILES string of the molecule is COc1ccc(C(CNC(=O)NCCC(C)C)C(C)C)cc1OC. The third-order valence-electron chi connectivity index (χ3n) is 4.13. The van der Waals surface area contributed by atoms with Crippen LogP contribution in [0.15, 0.2) is 18.2 Å². The van der Waals surface area contributed by atoms with Crippen LogP contribution in [0, 0.1) is 11.8 Å². The molecule has 1 aromatic rings. The Labute approximate surface area is 146 Å². The summed E-state index contributed by atoms with van der Waals surface area (Å²) in [6, 6.07) is 5.82. The van der Waals surface area contributed by atoms with Gasteiger partial charge in [-0.1, -0.05) is 33.8 Å². The number of urea groups is 1. The Hall–Kier alpha value is -1.91. The largest absolute Gasteiger partial charge is 0.493 e. The number of carbonyl (C=O) groups excluding carboxylic acids is 1. The molecule has 0 spiro atoms. The number of carbonyl (C=O) groups is 1. The summed E-state index contributed by atoms with van der Waals surface area (Å²) in [7, 11) is 3.26. The molecule has 1 rings (SSSR count). The standard InChI is InChI=1S/C19H32N2O3/c1-13(2)9-10-20-19(22)21-12-16(14(3)4)15-7-8-17(23-5)18(11-15)24-6/h7-8,11,13-14,16H,9-10,12H2,1-6H3,(H2,20,21,22). The van der Waals surface area contributed by atoms with Crippen molar-refractivity contribution in [3.05, 3.63) is 23.8 Å². The van der Waals surface area contributed by atoms with Crippen molar-refractivity contribution in [3.8, 4) is 11.5 Å². The van der Waals surface area contributed by atoms with E-state index in [0.717, 1.165) is 12.0 Å². The van der Waals surface area contributed by atoms with E-state index in [2.05, 4.69) is 38.3 Å². The second-order valence-corrected chi connectivity index (χ2v) is 6.78. The van der Waals surface area contributed by atoms with Gasteiger partial charge < -0.3 is 20.1 Å². The van der Waals surface area contributed by atoms with Crippen LogP contribution in [0.4, 0.5) is 4.79 Å². The van der Waals surface area contributed by atoms with Crippen molar-refractivity contribution < 1.29 is 14.3 Å². The first-order valence-corrected chi connectivity index (χ1v) is 8.62. The molecule has 5 heteroatoms. The lowest BCUT2D eigenvalue weighted by atomic mass is 9.88. The van der Waals surface area contributed by atoms with E-state index in [-0.39, 0.29) is 11.9 Å². The third-order valence-corrected chi connectivity index (χ3v) is 4.13. The van der Waals surface area contributed by atoms with Crippen LogP contribution in [0.25, 0.3) is 0 Å². The van der Waals surface area contributed by atoms with Crippen LogP contribution in [-0.4, -0.2) is 33.3 Å². The second kappa shape index (κ2) is 10.1. The molecule has 0 bridgehead atoms. The number of hydrogen-bond donors (Lipinski definition) is 2. The minimum atomic E-state index is -0.109. The van der Waals surface area contributed by atoms with E-state index >= 15 is 0 Å². The summed E-state index contributed by atoms with van der Waals surface area (Å²) in [4.78, 5) is 11.9. The summed E-state index contributed by atoms with van der Waals surface area (Å²) in [5.41, 5.74) is 1.13. The average Bonchev–Trinajstić information content (AvgIpc) is 2.54. The summed E-state index contributed by atoms with van der Waals surface area (Å²) < 4.78 is 10.7. The molecule has 1 atom stereocenters. The molecular weight excluding hydrogens is 304 g/mol. The van der Waals surface area contributed by atoms with Gasteiger partial charge in [-0.3, -0.25) is 0 Å². The van der Waals surface area contributed by atoms with Gasteiger partial charge in [-0.25, -0.2) is 4.79 Å². The third kappa shape index (κ3) is 6.30. The normalized spacial score (nSPS) is 12.2. The van der Waals surface area contributed by atoms with Crippen molar-refractivity contribution in [2.45, 2.75) is 40.0 Å². The predicted molar refractivity (Wildman–Crippen MR) is 98.0 cm³/mol. The molecule has 0 heterocycles. The first-order chi connectivity index (χ1) is 11.4. The fourth-order valence-electron chi connectivity index (χ4n) is 2.56. The Balaban J connectivity index is 2.69. The Kier molecular flexibility index (Phi) is 8.44. The quantitative estimate of drug-likeness (QED) is 0.721. The van der Waals surface area contributed by atoms with Gasteiger partial charge in [0.25, 0.3) is 0 Å². The zero-order chi connectivity index (χ0) is 18.1. The topological polar surface area (TPSA) is 59.6 Å². The lowest BCUT2D eigenvalue weighted by Gasteiger charge is -2.23. The van der Waals surface area contributed by atoms with Crippen molar-refractivity contribution >= 4 is 6.03 Å². The van der Waals surface area contributed by atoms with Gasteiger partial charge >= 0.3 is 6.03 Å². The highest BCUT2D eigenvalue weighted by Crippen LogP contribution is 2.33. The molecular formula is C19H32N2O3. The van der Waals surface area contributed by atoms with E-state index in [1.54, 1.807) is 14.2 Å². The van der Waals surface area contributed by atoms with Gasteiger partial charge in [0.2, 0.25) is 0 Å². The van der Waals surface area contributed by atoms with Crippen molar-refractivity contribution in [1.29, 1.82) is 0 Å². The summed E-state index contributed by atoms with van der Waals surface area (Å²) in [6.07, 6.45) is 0.983. The molecule has 0 radical (unpaired) electrons. The van der Waals surface area contributed by atoms with E-state index in [0.29, 0.717) is 36.4 Å². The maximum absolute atomic E-state index is 11.9. The fraction of sp³-hybridized carbons (Fsp3) is 0.632. The Bertz CT molecular complexity index is 515. The van der Waals surface area contributed by atoms with Crippen LogP contribution in [0.3, 0.4) is 0 Å². The zero-order valence-corrected chi connectivity index (χ0v) is 15.8. The monoisotopic (exact) mass is 336 g/mol. The molecule has 5 nitrogen and oxygen atoms in total. The number of benzene rings is 1. The second-order valence-electron chi connectivity index (χ2n) is 6.78. The molecule has 0 aliphatic heterocycles. The predicted octanol–water partition coefficient (Wildman–Crippen LogP) is 3.79. The van der Waals surface area contributed by atoms with Crippen LogP contribution in [0.1, 0.15) is 45.6 Å². The van der Waals surface area contributed by atoms with Crippen LogP contribution in [-0.2, 0) is 0 Å². The van der Waals surface area contributed by atoms with Gasteiger partial charge in [-0.2, -0.15) is 0 Å². The van der Waals surface area contributed by atoms with Gasteiger partial charge in [0.15, 0.2) is 11.5 Å². The summed E-state index contributed by atoms with van der Waals surface area (Å²) >= 11 is 0. The highest BCUT2D eigenvalue weighted by atomic mass is 16.5. The zero-order valence-electron chi connectivity index (χ0n) is 15.8. The summed E-state index contributed by atoms with van der Waals surface area (Å²) in [6.45, 7) is 9.88. The first-order valence-electron chi connectivity index (χ1n) is 8.62. The van der Waals surface area contributed by atoms with Crippen molar-refractivity contribution in [1.82, 2.24) is 10.6 Å². The van der Waals surface area contributed by atoms with Gasteiger partial charge in [0, 0.05) is 19.0 Å². The van der Waals surface area contributed by atoms with E-state index in [1.807, 2.05) is 18.2 Å². The maximum atomic E-state index is 11.9. The molecule has 0 aliphatic rings. The van der Waals surface area contributed by atoms with Gasteiger partial charge in [-0.15, -0.1) is 0 Å². The Morgan fingerprint density at radius 1 is 1.04 bits per heavy atom.